The molecule has 1 atom stereocenters. The van der Waals surface area contributed by atoms with E-state index in [4.69, 9.17) is 0 Å². The quantitative estimate of drug-likeness (QED) is 0.773. The molecular formula is C14H18N4. The molecule has 0 bridgehead atoms. The van der Waals surface area contributed by atoms with Crippen molar-refractivity contribution >= 4 is 0 Å². The second kappa shape index (κ2) is 5.21. The standard InChI is InChI=1S/C14H18N4/c1-2-5-13(6-3-1)14-15-8-10-17(14)11-12-18-9-4-7-16-18/h1-2,4,7-10,13H,3,5-6,11-12H2/t13-/m1/s1. The molecule has 3 rings (SSSR count). The highest BCUT2D eigenvalue weighted by Crippen LogP contribution is 2.27. The van der Waals surface area contributed by atoms with Crippen LogP contribution in [0, 0.1) is 0 Å². The van der Waals surface area contributed by atoms with E-state index in [9.17, 15) is 0 Å². The summed E-state index contributed by atoms with van der Waals surface area (Å²) in [5.41, 5.74) is 0. The molecule has 0 N–H and O–H groups in total. The first-order chi connectivity index (χ1) is 8.93. The molecule has 0 amide bonds. The second-order valence-electron chi connectivity index (χ2n) is 4.73. The molecule has 94 valence electrons. The van der Waals surface area contributed by atoms with Gasteiger partial charge in [0.1, 0.15) is 5.82 Å². The minimum Gasteiger partial charge on any atom is -0.333 e. The molecule has 0 aliphatic heterocycles. The number of hydrogen-bond acceptors (Lipinski definition) is 2. The maximum absolute atomic E-state index is 4.54. The fraction of sp³-hybridized carbons (Fsp3) is 0.429. The van der Waals surface area contributed by atoms with Gasteiger partial charge in [-0.25, -0.2) is 4.98 Å². The second-order valence-corrected chi connectivity index (χ2v) is 4.73. The van der Waals surface area contributed by atoms with Gasteiger partial charge < -0.3 is 4.57 Å². The molecule has 4 nitrogen and oxygen atoms in total. The van der Waals surface area contributed by atoms with Gasteiger partial charge in [-0.2, -0.15) is 5.10 Å². The van der Waals surface area contributed by atoms with E-state index in [2.05, 4.69) is 33.0 Å². The lowest BCUT2D eigenvalue weighted by Gasteiger charge is -2.18. The van der Waals surface area contributed by atoms with Crippen LogP contribution < -0.4 is 0 Å². The first-order valence-electron chi connectivity index (χ1n) is 6.57. The maximum Gasteiger partial charge on any atom is 0.112 e. The van der Waals surface area contributed by atoms with Crippen LogP contribution in [0.25, 0.3) is 0 Å². The molecule has 2 aromatic rings. The van der Waals surface area contributed by atoms with E-state index in [1.54, 1.807) is 0 Å². The van der Waals surface area contributed by atoms with E-state index >= 15 is 0 Å². The lowest BCUT2D eigenvalue weighted by Crippen LogP contribution is -2.13. The molecule has 1 aliphatic carbocycles. The Kier molecular flexibility index (Phi) is 3.26. The Morgan fingerprint density at radius 2 is 2.17 bits per heavy atom. The van der Waals surface area contributed by atoms with Crippen molar-refractivity contribution in [3.63, 3.8) is 0 Å². The van der Waals surface area contributed by atoms with Gasteiger partial charge in [0.2, 0.25) is 0 Å². The number of rotatable bonds is 4. The van der Waals surface area contributed by atoms with Crippen LogP contribution in [-0.2, 0) is 13.1 Å². The number of imidazole rings is 1. The van der Waals surface area contributed by atoms with Crippen molar-refractivity contribution in [1.29, 1.82) is 0 Å². The van der Waals surface area contributed by atoms with E-state index in [0.29, 0.717) is 5.92 Å². The summed E-state index contributed by atoms with van der Waals surface area (Å²) in [7, 11) is 0. The summed E-state index contributed by atoms with van der Waals surface area (Å²) in [6.45, 7) is 1.84. The number of aromatic nitrogens is 4. The SMILES string of the molecule is C1=CC[C@@H](c2nccn2CCn2cccn2)CC1. The normalized spacial score (nSPS) is 19.2. The summed E-state index contributed by atoms with van der Waals surface area (Å²) in [6.07, 6.45) is 15.9. The van der Waals surface area contributed by atoms with Crippen molar-refractivity contribution in [3.8, 4) is 0 Å². The summed E-state index contributed by atoms with van der Waals surface area (Å²) in [5.74, 6) is 1.81. The van der Waals surface area contributed by atoms with Crippen LogP contribution in [0.5, 0.6) is 0 Å². The van der Waals surface area contributed by atoms with Crippen LogP contribution in [-0.4, -0.2) is 19.3 Å². The third kappa shape index (κ3) is 2.37. The van der Waals surface area contributed by atoms with E-state index in [1.165, 1.54) is 18.7 Å². The van der Waals surface area contributed by atoms with Crippen LogP contribution in [0.1, 0.15) is 31.0 Å². The van der Waals surface area contributed by atoms with E-state index in [-0.39, 0.29) is 0 Å². The molecule has 0 spiro atoms. The highest BCUT2D eigenvalue weighted by molar-refractivity contribution is 5.07. The summed E-state index contributed by atoms with van der Waals surface area (Å²) in [5, 5.41) is 4.23. The Hall–Kier alpha value is -1.84. The van der Waals surface area contributed by atoms with E-state index in [1.807, 2.05) is 29.3 Å². The Labute approximate surface area is 107 Å². The fourth-order valence-electron chi connectivity index (χ4n) is 2.54. The Bertz CT molecular complexity index is 510. The van der Waals surface area contributed by atoms with Crippen molar-refractivity contribution in [2.24, 2.45) is 0 Å². The number of aryl methyl sites for hydroxylation is 2. The Morgan fingerprint density at radius 3 is 2.94 bits per heavy atom. The van der Waals surface area contributed by atoms with Crippen LogP contribution in [0.2, 0.25) is 0 Å². The maximum atomic E-state index is 4.54. The van der Waals surface area contributed by atoms with Crippen LogP contribution in [0.15, 0.2) is 43.0 Å². The smallest absolute Gasteiger partial charge is 0.112 e. The molecule has 0 saturated heterocycles. The van der Waals surface area contributed by atoms with E-state index in [0.717, 1.165) is 19.5 Å². The molecule has 2 heterocycles. The summed E-state index contributed by atoms with van der Waals surface area (Å²) in [4.78, 5) is 4.54. The van der Waals surface area contributed by atoms with Gasteiger partial charge in [-0.3, -0.25) is 4.68 Å². The van der Waals surface area contributed by atoms with Crippen molar-refractivity contribution in [3.05, 3.63) is 48.8 Å². The topological polar surface area (TPSA) is 35.6 Å². The third-order valence-corrected chi connectivity index (χ3v) is 3.51. The highest BCUT2D eigenvalue weighted by atomic mass is 15.3. The average molecular weight is 242 g/mol. The predicted molar refractivity (Wildman–Crippen MR) is 70.2 cm³/mol. The highest BCUT2D eigenvalue weighted by Gasteiger charge is 2.17. The van der Waals surface area contributed by atoms with Gasteiger partial charge in [-0.1, -0.05) is 12.2 Å². The monoisotopic (exact) mass is 242 g/mol. The number of nitrogens with zero attached hydrogens (tertiary/aromatic N) is 4. The first-order valence-corrected chi connectivity index (χ1v) is 6.57. The van der Waals surface area contributed by atoms with Crippen LogP contribution in [0.3, 0.4) is 0 Å². The fourth-order valence-corrected chi connectivity index (χ4v) is 2.54. The zero-order chi connectivity index (χ0) is 12.2. The average Bonchev–Trinajstić information content (AvgIpc) is 3.09. The van der Waals surface area contributed by atoms with Crippen molar-refractivity contribution in [2.75, 3.05) is 0 Å². The predicted octanol–water partition coefficient (Wildman–Crippen LogP) is 2.60. The third-order valence-electron chi connectivity index (χ3n) is 3.51. The van der Waals surface area contributed by atoms with Crippen LogP contribution in [0.4, 0.5) is 0 Å². The molecule has 0 radical (unpaired) electrons. The molecule has 0 fully saturated rings. The van der Waals surface area contributed by atoms with Gasteiger partial charge in [-0.05, 0) is 25.3 Å². The largest absolute Gasteiger partial charge is 0.333 e. The minimum absolute atomic E-state index is 0.586. The zero-order valence-electron chi connectivity index (χ0n) is 10.4. The van der Waals surface area contributed by atoms with Gasteiger partial charge in [-0.15, -0.1) is 0 Å². The molecule has 1 aliphatic rings. The van der Waals surface area contributed by atoms with Crippen molar-refractivity contribution in [1.82, 2.24) is 19.3 Å². The van der Waals surface area contributed by atoms with Gasteiger partial charge in [0.05, 0.1) is 6.54 Å². The molecule has 0 unspecified atom stereocenters. The van der Waals surface area contributed by atoms with Gasteiger partial charge in [0.15, 0.2) is 0 Å². The first kappa shape index (κ1) is 11.3. The molecule has 0 saturated carbocycles. The van der Waals surface area contributed by atoms with Gasteiger partial charge >= 0.3 is 0 Å². The summed E-state index contributed by atoms with van der Waals surface area (Å²) in [6, 6.07) is 1.96. The van der Waals surface area contributed by atoms with Crippen molar-refractivity contribution < 1.29 is 0 Å². The molecule has 0 aromatic carbocycles. The Morgan fingerprint density at radius 1 is 1.17 bits per heavy atom. The van der Waals surface area contributed by atoms with Crippen LogP contribution >= 0.6 is 0 Å². The molecule has 18 heavy (non-hydrogen) atoms. The van der Waals surface area contributed by atoms with Crippen molar-refractivity contribution in [2.45, 2.75) is 38.3 Å². The molecule has 4 heteroatoms. The lowest BCUT2D eigenvalue weighted by atomic mass is 9.94. The van der Waals surface area contributed by atoms with Gasteiger partial charge in [0, 0.05) is 37.3 Å². The Balaban J connectivity index is 1.69. The molecule has 2 aromatic heterocycles. The number of allylic oxidation sites excluding steroid dienone is 2. The lowest BCUT2D eigenvalue weighted by molar-refractivity contribution is 0.487. The zero-order valence-corrected chi connectivity index (χ0v) is 10.4. The van der Waals surface area contributed by atoms with E-state index < -0.39 is 0 Å². The molecular weight excluding hydrogens is 224 g/mol. The minimum atomic E-state index is 0.586. The summed E-state index contributed by atoms with van der Waals surface area (Å²) < 4.78 is 4.23. The summed E-state index contributed by atoms with van der Waals surface area (Å²) >= 11 is 0. The van der Waals surface area contributed by atoms with Gasteiger partial charge in [0.25, 0.3) is 0 Å². The number of hydrogen-bond donors (Lipinski definition) is 0.